The van der Waals surface area contributed by atoms with Gasteiger partial charge in [0.05, 0.1) is 6.20 Å². The van der Waals surface area contributed by atoms with Crippen LogP contribution in [0.25, 0.3) is 11.4 Å². The smallest absolute Gasteiger partial charge is 0.289 e. The van der Waals surface area contributed by atoms with E-state index >= 15 is 0 Å². The van der Waals surface area contributed by atoms with E-state index in [2.05, 4.69) is 20.4 Å². The third-order valence-corrected chi connectivity index (χ3v) is 3.10. The van der Waals surface area contributed by atoms with E-state index in [0.29, 0.717) is 18.8 Å². The molecule has 1 N–H and O–H groups in total. The molecule has 110 valence electrons. The standard InChI is InChI=1S/C16H14N4O2/c21-16(14-7-9-20-22-14)17-8-6-12-10-18-15(19-11-12)13-4-2-1-3-5-13/h1-5,7,9-11H,6,8H2,(H,17,21). The molecule has 6 heteroatoms. The fourth-order valence-corrected chi connectivity index (χ4v) is 1.96. The first kappa shape index (κ1) is 13.9. The van der Waals surface area contributed by atoms with Crippen LogP contribution in [0.15, 0.2) is 59.5 Å². The summed E-state index contributed by atoms with van der Waals surface area (Å²) >= 11 is 0. The Bertz CT molecular complexity index is 725. The summed E-state index contributed by atoms with van der Waals surface area (Å²) in [4.78, 5) is 20.3. The van der Waals surface area contributed by atoms with Crippen molar-refractivity contribution in [3.8, 4) is 11.4 Å². The second-order valence-corrected chi connectivity index (χ2v) is 4.66. The second-order valence-electron chi connectivity index (χ2n) is 4.66. The lowest BCUT2D eigenvalue weighted by Gasteiger charge is -2.04. The maximum Gasteiger partial charge on any atom is 0.289 e. The predicted molar refractivity (Wildman–Crippen MR) is 80.0 cm³/mol. The van der Waals surface area contributed by atoms with Gasteiger partial charge in [0, 0.05) is 30.6 Å². The number of amides is 1. The molecule has 3 aromatic rings. The highest BCUT2D eigenvalue weighted by Gasteiger charge is 2.08. The molecule has 1 aromatic carbocycles. The van der Waals surface area contributed by atoms with Crippen LogP contribution in [0.5, 0.6) is 0 Å². The van der Waals surface area contributed by atoms with Crippen molar-refractivity contribution in [3.05, 3.63) is 66.3 Å². The Morgan fingerprint density at radius 2 is 1.86 bits per heavy atom. The van der Waals surface area contributed by atoms with Crippen LogP contribution in [0.1, 0.15) is 16.1 Å². The van der Waals surface area contributed by atoms with Gasteiger partial charge < -0.3 is 9.84 Å². The Kier molecular flexibility index (Phi) is 4.20. The van der Waals surface area contributed by atoms with Gasteiger partial charge in [-0.1, -0.05) is 35.5 Å². The molecule has 6 nitrogen and oxygen atoms in total. The summed E-state index contributed by atoms with van der Waals surface area (Å²) in [6.45, 7) is 0.480. The van der Waals surface area contributed by atoms with Gasteiger partial charge in [-0.2, -0.15) is 0 Å². The van der Waals surface area contributed by atoms with Crippen molar-refractivity contribution in [2.24, 2.45) is 0 Å². The Hall–Kier alpha value is -3.02. The number of nitrogens with one attached hydrogen (secondary N) is 1. The lowest BCUT2D eigenvalue weighted by atomic mass is 10.2. The van der Waals surface area contributed by atoms with Crippen LogP contribution in [-0.4, -0.2) is 27.6 Å². The van der Waals surface area contributed by atoms with Gasteiger partial charge in [-0.25, -0.2) is 9.97 Å². The highest BCUT2D eigenvalue weighted by atomic mass is 16.5. The maximum absolute atomic E-state index is 11.7. The average Bonchev–Trinajstić information content (AvgIpc) is 3.11. The normalized spacial score (nSPS) is 10.4. The summed E-state index contributed by atoms with van der Waals surface area (Å²) in [5.74, 6) is 0.616. The third-order valence-electron chi connectivity index (χ3n) is 3.10. The summed E-state index contributed by atoms with van der Waals surface area (Å²) in [7, 11) is 0. The molecule has 2 aromatic heterocycles. The molecule has 0 spiro atoms. The fourth-order valence-electron chi connectivity index (χ4n) is 1.96. The number of rotatable bonds is 5. The Labute approximate surface area is 127 Å². The van der Waals surface area contributed by atoms with Crippen molar-refractivity contribution in [1.29, 1.82) is 0 Å². The molecule has 0 atom stereocenters. The van der Waals surface area contributed by atoms with E-state index in [-0.39, 0.29) is 11.7 Å². The van der Waals surface area contributed by atoms with E-state index in [9.17, 15) is 4.79 Å². The highest BCUT2D eigenvalue weighted by Crippen LogP contribution is 2.13. The summed E-state index contributed by atoms with van der Waals surface area (Å²) < 4.78 is 4.78. The lowest BCUT2D eigenvalue weighted by molar-refractivity contribution is 0.0917. The number of benzene rings is 1. The van der Waals surface area contributed by atoms with Crippen molar-refractivity contribution in [3.63, 3.8) is 0 Å². The molecular formula is C16H14N4O2. The quantitative estimate of drug-likeness (QED) is 0.779. The van der Waals surface area contributed by atoms with Gasteiger partial charge in [-0.15, -0.1) is 0 Å². The van der Waals surface area contributed by atoms with Gasteiger partial charge in [0.15, 0.2) is 5.82 Å². The van der Waals surface area contributed by atoms with Gasteiger partial charge in [0.1, 0.15) is 0 Å². The largest absolute Gasteiger partial charge is 0.351 e. The summed E-state index contributed by atoms with van der Waals surface area (Å²) in [5.41, 5.74) is 1.94. The van der Waals surface area contributed by atoms with Crippen LogP contribution in [0.3, 0.4) is 0 Å². The monoisotopic (exact) mass is 294 g/mol. The molecule has 22 heavy (non-hydrogen) atoms. The Balaban J connectivity index is 1.54. The van der Waals surface area contributed by atoms with E-state index in [4.69, 9.17) is 4.52 Å². The van der Waals surface area contributed by atoms with Crippen molar-refractivity contribution in [1.82, 2.24) is 20.4 Å². The lowest BCUT2D eigenvalue weighted by Crippen LogP contribution is -2.25. The number of hydrogen-bond acceptors (Lipinski definition) is 5. The van der Waals surface area contributed by atoms with Gasteiger partial charge in [0.2, 0.25) is 5.76 Å². The van der Waals surface area contributed by atoms with E-state index < -0.39 is 0 Å². The van der Waals surface area contributed by atoms with Gasteiger partial charge >= 0.3 is 0 Å². The predicted octanol–water partition coefficient (Wildman–Crippen LogP) is 2.10. The van der Waals surface area contributed by atoms with Crippen LogP contribution in [0, 0.1) is 0 Å². The molecule has 0 saturated heterocycles. The Morgan fingerprint density at radius 3 is 2.55 bits per heavy atom. The van der Waals surface area contributed by atoms with E-state index in [1.54, 1.807) is 12.4 Å². The topological polar surface area (TPSA) is 80.9 Å². The van der Waals surface area contributed by atoms with Gasteiger partial charge in [-0.05, 0) is 12.0 Å². The molecule has 0 aliphatic heterocycles. The molecule has 0 fully saturated rings. The molecule has 3 rings (SSSR count). The molecule has 1 amide bonds. The van der Waals surface area contributed by atoms with Crippen molar-refractivity contribution in [2.45, 2.75) is 6.42 Å². The minimum Gasteiger partial charge on any atom is -0.351 e. The molecule has 0 unspecified atom stereocenters. The van der Waals surface area contributed by atoms with Crippen LogP contribution in [-0.2, 0) is 6.42 Å². The van der Waals surface area contributed by atoms with Crippen molar-refractivity contribution in [2.75, 3.05) is 6.54 Å². The summed E-state index contributed by atoms with van der Waals surface area (Å²) in [6.07, 6.45) is 5.63. The van der Waals surface area contributed by atoms with Crippen LogP contribution >= 0.6 is 0 Å². The minimum absolute atomic E-state index is 0.204. The number of carbonyl (C=O) groups excluding carboxylic acids is 1. The minimum atomic E-state index is -0.278. The highest BCUT2D eigenvalue weighted by molar-refractivity contribution is 5.91. The average molecular weight is 294 g/mol. The molecule has 0 bridgehead atoms. The van der Waals surface area contributed by atoms with Crippen molar-refractivity contribution >= 4 is 5.91 Å². The van der Waals surface area contributed by atoms with Gasteiger partial charge in [-0.3, -0.25) is 4.79 Å². The third kappa shape index (κ3) is 3.35. The molecule has 0 aliphatic carbocycles. The molecular weight excluding hydrogens is 280 g/mol. The molecule has 2 heterocycles. The number of carbonyl (C=O) groups is 1. The zero-order valence-electron chi connectivity index (χ0n) is 11.8. The zero-order chi connectivity index (χ0) is 15.2. The first-order valence-corrected chi connectivity index (χ1v) is 6.88. The first-order valence-electron chi connectivity index (χ1n) is 6.88. The SMILES string of the molecule is O=C(NCCc1cnc(-c2ccccc2)nc1)c1ccno1. The van der Waals surface area contributed by atoms with Crippen molar-refractivity contribution < 1.29 is 9.32 Å². The fraction of sp³-hybridized carbons (Fsp3) is 0.125. The van der Waals surface area contributed by atoms with Crippen LogP contribution in [0.2, 0.25) is 0 Å². The van der Waals surface area contributed by atoms with E-state index in [0.717, 1.165) is 11.1 Å². The second kappa shape index (κ2) is 6.62. The molecule has 0 aliphatic rings. The van der Waals surface area contributed by atoms with Gasteiger partial charge in [0.25, 0.3) is 5.91 Å². The first-order chi connectivity index (χ1) is 10.8. The Morgan fingerprint density at radius 1 is 1.09 bits per heavy atom. The maximum atomic E-state index is 11.7. The number of hydrogen-bond donors (Lipinski definition) is 1. The number of nitrogens with zero attached hydrogens (tertiary/aromatic N) is 3. The molecule has 0 radical (unpaired) electrons. The van der Waals surface area contributed by atoms with Crippen LogP contribution in [0.4, 0.5) is 0 Å². The van der Waals surface area contributed by atoms with E-state index in [1.165, 1.54) is 12.3 Å². The summed E-state index contributed by atoms with van der Waals surface area (Å²) in [6, 6.07) is 11.3. The number of aromatic nitrogens is 3. The van der Waals surface area contributed by atoms with E-state index in [1.807, 2.05) is 30.3 Å². The van der Waals surface area contributed by atoms with Crippen LogP contribution < -0.4 is 5.32 Å². The zero-order valence-corrected chi connectivity index (χ0v) is 11.8. The summed E-state index contributed by atoms with van der Waals surface area (Å²) in [5, 5.41) is 6.24. The molecule has 0 saturated carbocycles.